The second-order valence-corrected chi connectivity index (χ2v) is 6.23. The highest BCUT2D eigenvalue weighted by Gasteiger charge is 2.13. The number of rotatable bonds is 11. The van der Waals surface area contributed by atoms with E-state index < -0.39 is 13.0 Å². The Morgan fingerprint density at radius 1 is 1.23 bits per heavy atom. The number of hydrogen-bond donors (Lipinski definition) is 2. The first-order valence-electron chi connectivity index (χ1n) is 9.02. The maximum Gasteiger partial charge on any atom is 0.272 e. The molecule has 1 aromatic carbocycles. The molecule has 0 aliphatic rings. The van der Waals surface area contributed by atoms with E-state index in [0.29, 0.717) is 30.8 Å². The molecule has 1 atom stereocenters. The second-order valence-electron chi connectivity index (χ2n) is 6.23. The predicted molar refractivity (Wildman–Crippen MR) is 101 cm³/mol. The van der Waals surface area contributed by atoms with Gasteiger partial charge in [-0.25, -0.2) is 8.78 Å². The highest BCUT2D eigenvalue weighted by atomic mass is 19.3. The average Bonchev–Trinajstić information content (AvgIpc) is 2.62. The Hall–Kier alpha value is -1.89. The van der Waals surface area contributed by atoms with Crippen LogP contribution in [0.25, 0.3) is 0 Å². The van der Waals surface area contributed by atoms with E-state index in [-0.39, 0.29) is 6.10 Å². The molecule has 5 nitrogen and oxygen atoms in total. The highest BCUT2D eigenvalue weighted by molar-refractivity contribution is 5.79. The predicted octanol–water partition coefficient (Wildman–Crippen LogP) is 3.45. The largest absolute Gasteiger partial charge is 0.488 e. The fraction of sp³-hybridized carbons (Fsp3) is 0.632. The fourth-order valence-electron chi connectivity index (χ4n) is 2.47. The quantitative estimate of drug-likeness (QED) is 0.462. The zero-order valence-corrected chi connectivity index (χ0v) is 16.1. The van der Waals surface area contributed by atoms with Gasteiger partial charge >= 0.3 is 0 Å². The molecule has 1 unspecified atom stereocenters. The summed E-state index contributed by atoms with van der Waals surface area (Å²) in [5.74, 6) is 1.58. The minimum atomic E-state index is -2.48. The fourth-order valence-corrected chi connectivity index (χ4v) is 2.47. The third kappa shape index (κ3) is 8.99. The van der Waals surface area contributed by atoms with Gasteiger partial charge in [0.1, 0.15) is 12.4 Å². The maximum atomic E-state index is 12.2. The third-order valence-corrected chi connectivity index (χ3v) is 3.80. The van der Waals surface area contributed by atoms with Crippen LogP contribution in [0.5, 0.6) is 5.75 Å². The molecule has 0 saturated heterocycles. The first-order valence-corrected chi connectivity index (χ1v) is 9.02. The van der Waals surface area contributed by atoms with Crippen molar-refractivity contribution in [3.8, 4) is 5.75 Å². The summed E-state index contributed by atoms with van der Waals surface area (Å²) in [6.45, 7) is 7.68. The van der Waals surface area contributed by atoms with E-state index >= 15 is 0 Å². The lowest BCUT2D eigenvalue weighted by atomic mass is 10.0. The standard InChI is InChI=1S/C19H31F2N3O2/c1-5-25-17(14(2)3)9-10-23-19(22-4)24-12-15-7-6-8-16(11-15)26-13-18(20)21/h6-8,11,14,17-18H,5,9-10,12-13H2,1-4H3,(H2,22,23,24). The number of halogens is 2. The van der Waals surface area contributed by atoms with Gasteiger partial charge in [0, 0.05) is 26.7 Å². The van der Waals surface area contributed by atoms with Crippen molar-refractivity contribution in [2.75, 3.05) is 26.8 Å². The molecule has 0 aliphatic heterocycles. The molecule has 0 radical (unpaired) electrons. The molecule has 2 N–H and O–H groups in total. The third-order valence-electron chi connectivity index (χ3n) is 3.80. The molecule has 26 heavy (non-hydrogen) atoms. The molecule has 0 amide bonds. The molecule has 0 spiro atoms. The Morgan fingerprint density at radius 2 is 2.00 bits per heavy atom. The lowest BCUT2D eigenvalue weighted by molar-refractivity contribution is 0.0258. The summed E-state index contributed by atoms with van der Waals surface area (Å²) in [4.78, 5) is 4.20. The van der Waals surface area contributed by atoms with E-state index in [1.54, 1.807) is 25.2 Å². The Bertz CT molecular complexity index is 539. The molecule has 0 aliphatic carbocycles. The zero-order valence-electron chi connectivity index (χ0n) is 16.1. The van der Waals surface area contributed by atoms with Gasteiger partial charge in [0.2, 0.25) is 0 Å². The normalized spacial score (nSPS) is 13.2. The molecule has 1 rings (SSSR count). The van der Waals surface area contributed by atoms with Gasteiger partial charge in [-0.2, -0.15) is 0 Å². The van der Waals surface area contributed by atoms with Crippen LogP contribution in [0.3, 0.4) is 0 Å². The summed E-state index contributed by atoms with van der Waals surface area (Å²) in [6, 6.07) is 7.09. The zero-order chi connectivity index (χ0) is 19.4. The summed E-state index contributed by atoms with van der Waals surface area (Å²) in [5.41, 5.74) is 0.925. The van der Waals surface area contributed by atoms with Gasteiger partial charge < -0.3 is 20.1 Å². The van der Waals surface area contributed by atoms with Crippen molar-refractivity contribution in [2.24, 2.45) is 10.9 Å². The van der Waals surface area contributed by atoms with Gasteiger partial charge in [-0.05, 0) is 37.0 Å². The minimum Gasteiger partial charge on any atom is -0.488 e. The van der Waals surface area contributed by atoms with Crippen molar-refractivity contribution in [3.63, 3.8) is 0 Å². The molecule has 7 heteroatoms. The Morgan fingerprint density at radius 3 is 2.62 bits per heavy atom. The first-order chi connectivity index (χ1) is 12.5. The van der Waals surface area contributed by atoms with E-state index in [4.69, 9.17) is 9.47 Å². The number of aliphatic imine (C=N–C) groups is 1. The number of nitrogens with one attached hydrogen (secondary N) is 2. The van der Waals surface area contributed by atoms with Crippen molar-refractivity contribution in [2.45, 2.75) is 46.3 Å². The lowest BCUT2D eigenvalue weighted by Crippen LogP contribution is -2.38. The average molecular weight is 371 g/mol. The number of nitrogens with zero attached hydrogens (tertiary/aromatic N) is 1. The van der Waals surface area contributed by atoms with Gasteiger partial charge in [-0.1, -0.05) is 26.0 Å². The number of ether oxygens (including phenoxy) is 2. The van der Waals surface area contributed by atoms with Crippen molar-refractivity contribution >= 4 is 5.96 Å². The van der Waals surface area contributed by atoms with Crippen LogP contribution in [-0.4, -0.2) is 45.3 Å². The molecule has 0 fully saturated rings. The Balaban J connectivity index is 2.43. The smallest absolute Gasteiger partial charge is 0.272 e. The van der Waals surface area contributed by atoms with Crippen LogP contribution in [0.2, 0.25) is 0 Å². The second kappa shape index (κ2) is 12.5. The SMILES string of the molecule is CCOC(CCNC(=NC)NCc1cccc(OCC(F)F)c1)C(C)C. The summed E-state index contributed by atoms with van der Waals surface area (Å²) in [7, 11) is 1.71. The van der Waals surface area contributed by atoms with Crippen LogP contribution in [0.4, 0.5) is 8.78 Å². The number of alkyl halides is 2. The minimum absolute atomic E-state index is 0.217. The molecule has 0 aromatic heterocycles. The molecular weight excluding hydrogens is 340 g/mol. The summed E-state index contributed by atoms with van der Waals surface area (Å²) in [6.07, 6.45) is -1.37. The topological polar surface area (TPSA) is 54.9 Å². The van der Waals surface area contributed by atoms with Gasteiger partial charge in [0.05, 0.1) is 6.10 Å². The summed E-state index contributed by atoms with van der Waals surface area (Å²) in [5, 5.41) is 6.47. The van der Waals surface area contributed by atoms with Crippen LogP contribution >= 0.6 is 0 Å². The van der Waals surface area contributed by atoms with Gasteiger partial charge in [-0.15, -0.1) is 0 Å². The molecule has 1 aromatic rings. The van der Waals surface area contributed by atoms with Crippen molar-refractivity contribution in [3.05, 3.63) is 29.8 Å². The molecule has 0 saturated carbocycles. The monoisotopic (exact) mass is 371 g/mol. The maximum absolute atomic E-state index is 12.2. The van der Waals surface area contributed by atoms with Crippen LogP contribution in [0.15, 0.2) is 29.3 Å². The van der Waals surface area contributed by atoms with E-state index in [0.717, 1.165) is 18.5 Å². The summed E-state index contributed by atoms with van der Waals surface area (Å²) >= 11 is 0. The van der Waals surface area contributed by atoms with Crippen molar-refractivity contribution in [1.29, 1.82) is 0 Å². The van der Waals surface area contributed by atoms with Crippen LogP contribution in [0, 0.1) is 5.92 Å². The highest BCUT2D eigenvalue weighted by Crippen LogP contribution is 2.14. The molecule has 0 bridgehead atoms. The Labute approximate surface area is 155 Å². The molecule has 148 valence electrons. The number of hydrogen-bond acceptors (Lipinski definition) is 3. The van der Waals surface area contributed by atoms with Crippen LogP contribution < -0.4 is 15.4 Å². The Kier molecular flexibility index (Phi) is 10.6. The number of guanidine groups is 1. The number of benzene rings is 1. The van der Waals surface area contributed by atoms with Gasteiger partial charge in [0.25, 0.3) is 6.43 Å². The summed E-state index contributed by atoms with van der Waals surface area (Å²) < 4.78 is 35.2. The molecular formula is C19H31F2N3O2. The van der Waals surface area contributed by atoms with Crippen LogP contribution in [0.1, 0.15) is 32.8 Å². The van der Waals surface area contributed by atoms with E-state index in [1.165, 1.54) is 0 Å². The van der Waals surface area contributed by atoms with E-state index in [2.05, 4.69) is 29.5 Å². The lowest BCUT2D eigenvalue weighted by Gasteiger charge is -2.21. The first kappa shape index (κ1) is 22.2. The van der Waals surface area contributed by atoms with Crippen molar-refractivity contribution < 1.29 is 18.3 Å². The molecule has 0 heterocycles. The van der Waals surface area contributed by atoms with E-state index in [1.807, 2.05) is 13.0 Å². The van der Waals surface area contributed by atoms with Gasteiger partial charge in [-0.3, -0.25) is 4.99 Å². The van der Waals surface area contributed by atoms with Gasteiger partial charge in [0.15, 0.2) is 5.96 Å². The van der Waals surface area contributed by atoms with E-state index in [9.17, 15) is 8.78 Å². The van der Waals surface area contributed by atoms with Crippen LogP contribution in [-0.2, 0) is 11.3 Å². The van der Waals surface area contributed by atoms with Crippen molar-refractivity contribution in [1.82, 2.24) is 10.6 Å².